The number of rotatable bonds is 3. The fraction of sp³-hybridized carbons (Fsp3) is 0.421. The number of alkyl halides is 3. The van der Waals surface area contributed by atoms with E-state index >= 15 is 0 Å². The number of aromatic nitrogens is 1. The van der Waals surface area contributed by atoms with Crippen LogP contribution in [0.3, 0.4) is 0 Å². The van der Waals surface area contributed by atoms with Crippen molar-refractivity contribution in [3.63, 3.8) is 0 Å². The zero-order valence-corrected chi connectivity index (χ0v) is 15.2. The summed E-state index contributed by atoms with van der Waals surface area (Å²) in [6.45, 7) is 1.72. The van der Waals surface area contributed by atoms with Crippen molar-refractivity contribution in [1.29, 1.82) is 0 Å². The van der Waals surface area contributed by atoms with E-state index < -0.39 is 18.0 Å². The summed E-state index contributed by atoms with van der Waals surface area (Å²) >= 11 is 0. The highest BCUT2D eigenvalue weighted by Gasteiger charge is 2.43. The minimum absolute atomic E-state index is 0.0275. The number of carbonyl (C=O) groups excluding carboxylic acids is 2. The van der Waals surface area contributed by atoms with Gasteiger partial charge in [0.1, 0.15) is 0 Å². The lowest BCUT2D eigenvalue weighted by Gasteiger charge is -2.31. The molecule has 0 saturated carbocycles. The van der Waals surface area contributed by atoms with Crippen molar-refractivity contribution in [3.8, 4) is 0 Å². The monoisotopic (exact) mass is 395 g/mol. The van der Waals surface area contributed by atoms with Crippen LogP contribution in [0.25, 0.3) is 10.9 Å². The number of piperidine rings is 1. The molecule has 1 aliphatic heterocycles. The van der Waals surface area contributed by atoms with E-state index in [2.05, 4.69) is 10.3 Å². The average Bonchev–Trinajstić information content (AvgIpc) is 2.65. The molecule has 3 rings (SSSR count). The fourth-order valence-electron chi connectivity index (χ4n) is 3.35. The van der Waals surface area contributed by atoms with Crippen molar-refractivity contribution in [2.75, 3.05) is 13.1 Å². The lowest BCUT2D eigenvalue weighted by Crippen LogP contribution is -2.47. The number of amides is 2. The SMILES string of the molecule is Cc1ccc2[nH]c(=O)c(CNC(=O)C3CCN(C(=O)C(F)(F)F)CC3)cc2c1. The van der Waals surface area contributed by atoms with Gasteiger partial charge in [0.15, 0.2) is 0 Å². The molecule has 1 aromatic carbocycles. The average molecular weight is 395 g/mol. The first kappa shape index (κ1) is 19.9. The predicted molar refractivity (Wildman–Crippen MR) is 96.5 cm³/mol. The first-order valence-electron chi connectivity index (χ1n) is 8.91. The van der Waals surface area contributed by atoms with Gasteiger partial charge in [-0.25, -0.2) is 0 Å². The number of aryl methyl sites for hydroxylation is 1. The number of carbonyl (C=O) groups is 2. The molecule has 9 heteroatoms. The molecule has 0 atom stereocenters. The number of nitrogens with one attached hydrogen (secondary N) is 2. The van der Waals surface area contributed by atoms with Gasteiger partial charge < -0.3 is 15.2 Å². The maximum Gasteiger partial charge on any atom is 0.471 e. The molecule has 2 aromatic rings. The second kappa shape index (κ2) is 7.65. The molecule has 28 heavy (non-hydrogen) atoms. The van der Waals surface area contributed by atoms with E-state index in [-0.39, 0.29) is 43.9 Å². The third-order valence-corrected chi connectivity index (χ3v) is 4.93. The van der Waals surface area contributed by atoms with Crippen LogP contribution in [0.4, 0.5) is 13.2 Å². The van der Waals surface area contributed by atoms with Gasteiger partial charge in [0.25, 0.3) is 5.56 Å². The van der Waals surface area contributed by atoms with E-state index in [4.69, 9.17) is 0 Å². The Labute approximate surface area is 158 Å². The Morgan fingerprint density at radius 2 is 1.89 bits per heavy atom. The Morgan fingerprint density at radius 1 is 1.21 bits per heavy atom. The number of likely N-dealkylation sites (tertiary alicyclic amines) is 1. The summed E-state index contributed by atoms with van der Waals surface area (Å²) in [7, 11) is 0. The summed E-state index contributed by atoms with van der Waals surface area (Å²) in [5, 5.41) is 3.53. The van der Waals surface area contributed by atoms with E-state index in [1.54, 1.807) is 6.07 Å². The molecule has 0 unspecified atom stereocenters. The molecule has 2 N–H and O–H groups in total. The molecular weight excluding hydrogens is 375 g/mol. The maximum atomic E-state index is 12.5. The zero-order chi connectivity index (χ0) is 20.5. The Balaban J connectivity index is 1.59. The predicted octanol–water partition coefficient (Wildman–Crippen LogP) is 2.25. The summed E-state index contributed by atoms with van der Waals surface area (Å²) in [6, 6.07) is 7.33. The van der Waals surface area contributed by atoms with Gasteiger partial charge in [-0.1, -0.05) is 11.6 Å². The third kappa shape index (κ3) is 4.35. The third-order valence-electron chi connectivity index (χ3n) is 4.93. The molecule has 0 bridgehead atoms. The molecular formula is C19H20F3N3O3. The molecule has 1 aliphatic rings. The summed E-state index contributed by atoms with van der Waals surface area (Å²) in [4.78, 5) is 39.2. The highest BCUT2D eigenvalue weighted by molar-refractivity contribution is 5.83. The Bertz CT molecular complexity index is 960. The molecule has 6 nitrogen and oxygen atoms in total. The zero-order valence-electron chi connectivity index (χ0n) is 15.2. The van der Waals surface area contributed by atoms with Crippen LogP contribution in [0.2, 0.25) is 0 Å². The van der Waals surface area contributed by atoms with Gasteiger partial charge in [-0.15, -0.1) is 0 Å². The summed E-state index contributed by atoms with van der Waals surface area (Å²) in [6.07, 6.45) is -4.59. The largest absolute Gasteiger partial charge is 0.471 e. The van der Waals surface area contributed by atoms with Crippen molar-refractivity contribution >= 4 is 22.7 Å². The molecule has 2 heterocycles. The molecule has 0 spiro atoms. The number of fused-ring (bicyclic) bond motifs is 1. The number of hydrogen-bond acceptors (Lipinski definition) is 3. The van der Waals surface area contributed by atoms with E-state index in [1.165, 1.54) is 0 Å². The van der Waals surface area contributed by atoms with Gasteiger partial charge >= 0.3 is 12.1 Å². The van der Waals surface area contributed by atoms with Gasteiger partial charge in [0.05, 0.1) is 0 Å². The number of benzene rings is 1. The molecule has 0 radical (unpaired) electrons. The number of nitrogens with zero attached hydrogens (tertiary/aromatic N) is 1. The second-order valence-electron chi connectivity index (χ2n) is 7.00. The van der Waals surface area contributed by atoms with E-state index in [0.717, 1.165) is 15.8 Å². The number of pyridine rings is 1. The number of hydrogen-bond donors (Lipinski definition) is 2. The van der Waals surface area contributed by atoms with Gasteiger partial charge in [-0.05, 0) is 43.4 Å². The maximum absolute atomic E-state index is 12.5. The second-order valence-corrected chi connectivity index (χ2v) is 7.00. The van der Waals surface area contributed by atoms with Crippen LogP contribution >= 0.6 is 0 Å². The Kier molecular flexibility index (Phi) is 5.44. The molecule has 0 aliphatic carbocycles. The minimum atomic E-state index is -4.90. The first-order valence-corrected chi connectivity index (χ1v) is 8.91. The number of halogens is 3. The highest BCUT2D eigenvalue weighted by Crippen LogP contribution is 2.24. The van der Waals surface area contributed by atoms with E-state index in [1.807, 2.05) is 25.1 Å². The molecule has 1 aromatic heterocycles. The van der Waals surface area contributed by atoms with Crippen molar-refractivity contribution in [3.05, 3.63) is 45.7 Å². The van der Waals surface area contributed by atoms with Crippen LogP contribution in [0.1, 0.15) is 24.0 Å². The van der Waals surface area contributed by atoms with Crippen LogP contribution in [0.15, 0.2) is 29.1 Å². The lowest BCUT2D eigenvalue weighted by molar-refractivity contribution is -0.186. The quantitative estimate of drug-likeness (QED) is 0.836. The van der Waals surface area contributed by atoms with E-state index in [0.29, 0.717) is 11.1 Å². The molecule has 2 amide bonds. The van der Waals surface area contributed by atoms with Crippen molar-refractivity contribution in [1.82, 2.24) is 15.2 Å². The van der Waals surface area contributed by atoms with Crippen LogP contribution in [-0.4, -0.2) is 41.0 Å². The van der Waals surface area contributed by atoms with E-state index in [9.17, 15) is 27.6 Å². The lowest BCUT2D eigenvalue weighted by atomic mass is 9.95. The van der Waals surface area contributed by atoms with Gasteiger partial charge in [-0.2, -0.15) is 13.2 Å². The highest BCUT2D eigenvalue weighted by atomic mass is 19.4. The minimum Gasteiger partial charge on any atom is -0.352 e. The summed E-state index contributed by atoms with van der Waals surface area (Å²) in [5.74, 6) is -2.69. The normalized spacial score (nSPS) is 15.6. The first-order chi connectivity index (χ1) is 13.1. The topological polar surface area (TPSA) is 82.3 Å². The summed E-state index contributed by atoms with van der Waals surface area (Å²) in [5.41, 5.74) is 1.83. The van der Waals surface area contributed by atoms with Crippen LogP contribution in [0, 0.1) is 12.8 Å². The Hall–Kier alpha value is -2.84. The van der Waals surface area contributed by atoms with Crippen molar-refractivity contribution in [2.24, 2.45) is 5.92 Å². The van der Waals surface area contributed by atoms with Gasteiger partial charge in [0.2, 0.25) is 5.91 Å². The van der Waals surface area contributed by atoms with Gasteiger partial charge in [-0.3, -0.25) is 14.4 Å². The van der Waals surface area contributed by atoms with Crippen LogP contribution < -0.4 is 10.9 Å². The molecule has 150 valence electrons. The standard InChI is InChI=1S/C19H20F3N3O3/c1-11-2-3-15-13(8-11)9-14(17(27)24-15)10-23-16(26)12-4-6-25(7-5-12)18(28)19(20,21)22/h2-3,8-9,12H,4-7,10H2,1H3,(H,23,26)(H,24,27). The smallest absolute Gasteiger partial charge is 0.352 e. The summed E-state index contributed by atoms with van der Waals surface area (Å²) < 4.78 is 37.4. The number of aromatic amines is 1. The fourth-order valence-corrected chi connectivity index (χ4v) is 3.35. The van der Waals surface area contributed by atoms with Crippen molar-refractivity contribution < 1.29 is 22.8 Å². The van der Waals surface area contributed by atoms with Crippen molar-refractivity contribution in [2.45, 2.75) is 32.5 Å². The number of H-pyrrole nitrogens is 1. The van der Waals surface area contributed by atoms with Gasteiger partial charge in [0, 0.05) is 36.6 Å². The molecule has 1 fully saturated rings. The molecule has 1 saturated heterocycles. The van der Waals surface area contributed by atoms with Crippen LogP contribution in [0.5, 0.6) is 0 Å². The Morgan fingerprint density at radius 3 is 2.54 bits per heavy atom. The van der Waals surface area contributed by atoms with Crippen LogP contribution in [-0.2, 0) is 16.1 Å².